The molecule has 3 N–H and O–H groups in total. The van der Waals surface area contributed by atoms with Gasteiger partial charge in [0.25, 0.3) is 5.91 Å². The van der Waals surface area contributed by atoms with Gasteiger partial charge in [-0.25, -0.2) is 9.50 Å². The molecule has 27 heavy (non-hydrogen) atoms. The summed E-state index contributed by atoms with van der Waals surface area (Å²) in [7, 11) is 0. The minimum Gasteiger partial charge on any atom is -0.369 e. The van der Waals surface area contributed by atoms with E-state index in [-0.39, 0.29) is 23.8 Å². The smallest absolute Gasteiger partial charge is 0.257 e. The highest BCUT2D eigenvalue weighted by molar-refractivity contribution is 6.00. The highest BCUT2D eigenvalue weighted by Crippen LogP contribution is 2.25. The summed E-state index contributed by atoms with van der Waals surface area (Å²) in [5.41, 5.74) is 8.23. The summed E-state index contributed by atoms with van der Waals surface area (Å²) in [5, 5.41) is 7.34. The molecule has 2 unspecified atom stereocenters. The fourth-order valence-electron chi connectivity index (χ4n) is 3.77. The minimum absolute atomic E-state index is 0.240. The molecule has 2 aromatic heterocycles. The molecule has 1 aliphatic rings. The van der Waals surface area contributed by atoms with E-state index >= 15 is 0 Å². The first kappa shape index (κ1) is 17.2. The molecule has 7 heteroatoms. The van der Waals surface area contributed by atoms with Gasteiger partial charge in [-0.15, -0.1) is 0 Å². The van der Waals surface area contributed by atoms with Crippen LogP contribution in [0.15, 0.2) is 48.8 Å². The Labute approximate surface area is 156 Å². The van der Waals surface area contributed by atoms with E-state index in [1.807, 2.05) is 36.4 Å². The van der Waals surface area contributed by atoms with Crippen LogP contribution in [-0.2, 0) is 4.79 Å². The molecule has 7 nitrogen and oxygen atoms in total. The Morgan fingerprint density at radius 3 is 2.67 bits per heavy atom. The molecule has 0 radical (unpaired) electrons. The number of nitrogens with zero attached hydrogens (tertiary/aromatic N) is 3. The number of primary amides is 1. The number of carbonyl (C=O) groups excluding carboxylic acids is 2. The zero-order chi connectivity index (χ0) is 18.8. The number of rotatable bonds is 4. The molecule has 2 heterocycles. The normalized spacial score (nSPS) is 19.7. The van der Waals surface area contributed by atoms with Crippen LogP contribution in [0.3, 0.4) is 0 Å². The average Bonchev–Trinajstić information content (AvgIpc) is 3.13. The van der Waals surface area contributed by atoms with E-state index < -0.39 is 0 Å². The molecule has 1 aromatic carbocycles. The van der Waals surface area contributed by atoms with Gasteiger partial charge in [0.15, 0.2) is 5.65 Å². The third-order valence-electron chi connectivity index (χ3n) is 5.16. The van der Waals surface area contributed by atoms with Crippen molar-refractivity contribution in [3.05, 3.63) is 54.4 Å². The van der Waals surface area contributed by atoms with Crippen molar-refractivity contribution in [2.24, 2.45) is 11.7 Å². The maximum atomic E-state index is 12.8. The first-order chi connectivity index (χ1) is 13.1. The molecule has 4 rings (SSSR count). The van der Waals surface area contributed by atoms with Gasteiger partial charge in [-0.05, 0) is 18.9 Å². The largest absolute Gasteiger partial charge is 0.369 e. The van der Waals surface area contributed by atoms with Crippen molar-refractivity contribution < 1.29 is 9.59 Å². The standard InChI is InChI=1S/C20H21N5O2/c21-18(26)14-8-4-5-9-16(14)24-20(27)15-12-23-25-17(10-11-22-19(15)25)13-6-2-1-3-7-13/h1-3,6-7,10-12,14,16H,4-5,8-9H2,(H2,21,26)(H,24,27). The minimum atomic E-state index is -0.357. The first-order valence-electron chi connectivity index (χ1n) is 9.13. The predicted molar refractivity (Wildman–Crippen MR) is 101 cm³/mol. The van der Waals surface area contributed by atoms with E-state index in [9.17, 15) is 9.59 Å². The molecule has 0 saturated heterocycles. The fourth-order valence-corrected chi connectivity index (χ4v) is 3.77. The van der Waals surface area contributed by atoms with E-state index in [1.165, 1.54) is 6.20 Å². The van der Waals surface area contributed by atoms with Crippen LogP contribution in [0.1, 0.15) is 36.0 Å². The Balaban J connectivity index is 1.64. The molecule has 1 saturated carbocycles. The molecule has 1 fully saturated rings. The second-order valence-electron chi connectivity index (χ2n) is 6.86. The molecular formula is C20H21N5O2. The van der Waals surface area contributed by atoms with Gasteiger partial charge in [0.1, 0.15) is 5.56 Å². The lowest BCUT2D eigenvalue weighted by Gasteiger charge is -2.29. The second-order valence-corrected chi connectivity index (χ2v) is 6.86. The molecule has 1 aliphatic carbocycles. The van der Waals surface area contributed by atoms with Gasteiger partial charge in [-0.3, -0.25) is 9.59 Å². The Kier molecular flexibility index (Phi) is 4.58. The average molecular weight is 363 g/mol. The Morgan fingerprint density at radius 2 is 1.89 bits per heavy atom. The van der Waals surface area contributed by atoms with Crippen molar-refractivity contribution in [2.45, 2.75) is 31.7 Å². The van der Waals surface area contributed by atoms with Crippen molar-refractivity contribution in [3.63, 3.8) is 0 Å². The topological polar surface area (TPSA) is 102 Å². The van der Waals surface area contributed by atoms with Crippen molar-refractivity contribution in [1.82, 2.24) is 19.9 Å². The van der Waals surface area contributed by atoms with Crippen LogP contribution < -0.4 is 11.1 Å². The lowest BCUT2D eigenvalue weighted by Crippen LogP contribution is -2.47. The lowest BCUT2D eigenvalue weighted by atomic mass is 9.84. The number of benzene rings is 1. The molecular weight excluding hydrogens is 342 g/mol. The summed E-state index contributed by atoms with van der Waals surface area (Å²) >= 11 is 0. The van der Waals surface area contributed by atoms with Crippen LogP contribution in [0.5, 0.6) is 0 Å². The monoisotopic (exact) mass is 363 g/mol. The molecule has 0 bridgehead atoms. The SMILES string of the molecule is NC(=O)C1CCCCC1NC(=O)c1cnn2c(-c3ccccc3)ccnc12. The first-order valence-corrected chi connectivity index (χ1v) is 9.13. The van der Waals surface area contributed by atoms with Gasteiger partial charge in [0, 0.05) is 17.8 Å². The van der Waals surface area contributed by atoms with Crippen molar-refractivity contribution in [1.29, 1.82) is 0 Å². The maximum Gasteiger partial charge on any atom is 0.257 e. The summed E-state index contributed by atoms with van der Waals surface area (Å²) in [5.74, 6) is -0.956. The zero-order valence-corrected chi connectivity index (χ0v) is 14.8. The number of nitrogens with two attached hydrogens (primary N) is 1. The van der Waals surface area contributed by atoms with Gasteiger partial charge in [0.05, 0.1) is 17.8 Å². The second kappa shape index (κ2) is 7.19. The van der Waals surface area contributed by atoms with Gasteiger partial charge < -0.3 is 11.1 Å². The molecule has 0 spiro atoms. The number of hydrogen-bond acceptors (Lipinski definition) is 4. The van der Waals surface area contributed by atoms with Crippen LogP contribution >= 0.6 is 0 Å². The number of amides is 2. The summed E-state index contributed by atoms with van der Waals surface area (Å²) in [4.78, 5) is 28.9. The predicted octanol–water partition coefficient (Wildman–Crippen LogP) is 2.17. The zero-order valence-electron chi connectivity index (χ0n) is 14.8. The van der Waals surface area contributed by atoms with Gasteiger partial charge in [-0.2, -0.15) is 5.10 Å². The summed E-state index contributed by atoms with van der Waals surface area (Å²) < 4.78 is 1.66. The number of hydrogen-bond donors (Lipinski definition) is 2. The van der Waals surface area contributed by atoms with Crippen molar-refractivity contribution >= 4 is 17.5 Å². The van der Waals surface area contributed by atoms with Crippen LogP contribution in [0.2, 0.25) is 0 Å². The molecule has 3 aromatic rings. The fraction of sp³-hybridized carbons (Fsp3) is 0.300. The van der Waals surface area contributed by atoms with Crippen molar-refractivity contribution in [2.75, 3.05) is 0 Å². The maximum absolute atomic E-state index is 12.8. The van der Waals surface area contributed by atoms with Crippen molar-refractivity contribution in [3.8, 4) is 11.3 Å². The quantitative estimate of drug-likeness (QED) is 0.741. The van der Waals surface area contributed by atoms with Crippen LogP contribution in [-0.4, -0.2) is 32.5 Å². The Morgan fingerprint density at radius 1 is 1.11 bits per heavy atom. The van der Waals surface area contributed by atoms with Crippen LogP contribution in [0.4, 0.5) is 0 Å². The van der Waals surface area contributed by atoms with E-state index in [0.29, 0.717) is 17.6 Å². The third-order valence-corrected chi connectivity index (χ3v) is 5.16. The number of carbonyl (C=O) groups is 2. The summed E-state index contributed by atoms with van der Waals surface area (Å²) in [6.07, 6.45) is 6.58. The third kappa shape index (κ3) is 3.28. The van der Waals surface area contributed by atoms with Gasteiger partial charge in [0.2, 0.25) is 5.91 Å². The van der Waals surface area contributed by atoms with Gasteiger partial charge >= 0.3 is 0 Å². The van der Waals surface area contributed by atoms with Crippen LogP contribution in [0, 0.1) is 5.92 Å². The molecule has 2 atom stereocenters. The highest BCUT2D eigenvalue weighted by atomic mass is 16.2. The number of fused-ring (bicyclic) bond motifs is 1. The van der Waals surface area contributed by atoms with E-state index in [0.717, 1.165) is 30.5 Å². The van der Waals surface area contributed by atoms with E-state index in [1.54, 1.807) is 10.7 Å². The van der Waals surface area contributed by atoms with E-state index in [2.05, 4.69) is 15.4 Å². The molecule has 138 valence electrons. The van der Waals surface area contributed by atoms with Crippen LogP contribution in [0.25, 0.3) is 16.9 Å². The Hall–Kier alpha value is -3.22. The molecule has 0 aliphatic heterocycles. The highest BCUT2D eigenvalue weighted by Gasteiger charge is 2.31. The molecule has 2 amide bonds. The van der Waals surface area contributed by atoms with E-state index in [4.69, 9.17) is 5.73 Å². The number of nitrogens with one attached hydrogen (secondary N) is 1. The Bertz CT molecular complexity index is 982. The van der Waals surface area contributed by atoms with Gasteiger partial charge in [-0.1, -0.05) is 43.2 Å². The number of aromatic nitrogens is 3. The summed E-state index contributed by atoms with van der Waals surface area (Å²) in [6.45, 7) is 0. The summed E-state index contributed by atoms with van der Waals surface area (Å²) in [6, 6.07) is 11.4. The lowest BCUT2D eigenvalue weighted by molar-refractivity contribution is -0.123.